The Labute approximate surface area is 215 Å². The van der Waals surface area contributed by atoms with Crippen LogP contribution in [0, 0.1) is 0 Å². The van der Waals surface area contributed by atoms with Gasteiger partial charge in [-0.05, 0) is 48.0 Å². The van der Waals surface area contributed by atoms with E-state index < -0.39 is 0 Å². The van der Waals surface area contributed by atoms with Crippen molar-refractivity contribution in [1.82, 2.24) is 20.2 Å². The summed E-state index contributed by atoms with van der Waals surface area (Å²) in [7, 11) is 3.07. The van der Waals surface area contributed by atoms with Crippen LogP contribution in [0.5, 0.6) is 11.5 Å². The number of hydrogen-bond donors (Lipinski definition) is 1. The number of ether oxygens (including phenoxy) is 2. The summed E-state index contributed by atoms with van der Waals surface area (Å²) in [5.41, 5.74) is 3.22. The van der Waals surface area contributed by atoms with Crippen LogP contribution in [-0.4, -0.2) is 67.0 Å². The molecule has 1 fully saturated rings. The quantitative estimate of drug-likeness (QED) is 0.378. The second kappa shape index (κ2) is 11.2. The summed E-state index contributed by atoms with van der Waals surface area (Å²) in [6.07, 6.45) is 1.71. The Morgan fingerprint density at radius 1 is 1.05 bits per heavy atom. The summed E-state index contributed by atoms with van der Waals surface area (Å²) >= 11 is 0. The van der Waals surface area contributed by atoms with Gasteiger partial charge in [-0.1, -0.05) is 7.43 Å². The van der Waals surface area contributed by atoms with Crippen molar-refractivity contribution in [2.75, 3.05) is 40.4 Å². The number of nitrogens with one attached hydrogen (secondary N) is 1. The second-order valence-electron chi connectivity index (χ2n) is 8.47. The molecule has 1 amide bonds. The van der Waals surface area contributed by atoms with Gasteiger partial charge in [-0.15, -0.1) is 0 Å². The van der Waals surface area contributed by atoms with Crippen LogP contribution >= 0.6 is 0 Å². The van der Waals surface area contributed by atoms with Gasteiger partial charge in [-0.3, -0.25) is 9.59 Å². The molecular weight excluding hydrogens is 472 g/mol. The predicted octanol–water partition coefficient (Wildman–Crippen LogP) is 4.01. The van der Waals surface area contributed by atoms with E-state index in [2.05, 4.69) is 15.3 Å². The standard InChI is InChI=1S/C27H26N4O5.CH4/c1-34-20-5-6-21(24(16-20)35-2)22(32)14-17-12-18(26-30-25-23(36-26)4-3-7-29-25)15-19(13-17)27(33)31-10-8-28-9-11-31;/h3-7,12-13,15-16,28H,8-11,14H2,1-2H3;1H4. The highest BCUT2D eigenvalue weighted by Gasteiger charge is 2.22. The SMILES string of the molecule is C.COc1ccc(C(=O)Cc2cc(C(=O)N3CCNCC3)cc(-c3nc4ncccc4o3)c2)c(OC)c1. The maximum Gasteiger partial charge on any atom is 0.253 e. The van der Waals surface area contributed by atoms with E-state index in [1.165, 1.54) is 7.11 Å². The van der Waals surface area contributed by atoms with Gasteiger partial charge in [-0.2, -0.15) is 4.98 Å². The van der Waals surface area contributed by atoms with Crippen molar-refractivity contribution in [3.05, 3.63) is 71.4 Å². The third-order valence-electron chi connectivity index (χ3n) is 6.13. The fourth-order valence-corrected chi connectivity index (χ4v) is 4.29. The number of Topliss-reactive ketones (excluding diaryl/α,β-unsaturated/α-hetero) is 1. The summed E-state index contributed by atoms with van der Waals surface area (Å²) in [4.78, 5) is 37.2. The van der Waals surface area contributed by atoms with E-state index in [9.17, 15) is 9.59 Å². The van der Waals surface area contributed by atoms with Gasteiger partial charge >= 0.3 is 0 Å². The Morgan fingerprint density at radius 3 is 2.59 bits per heavy atom. The topological polar surface area (TPSA) is 107 Å². The summed E-state index contributed by atoms with van der Waals surface area (Å²) in [5.74, 6) is 1.13. The third-order valence-corrected chi connectivity index (χ3v) is 6.13. The highest BCUT2D eigenvalue weighted by molar-refractivity contribution is 6.01. The molecule has 4 aromatic rings. The molecule has 3 heterocycles. The van der Waals surface area contributed by atoms with Gasteiger partial charge in [-0.25, -0.2) is 4.98 Å². The van der Waals surface area contributed by atoms with Gasteiger partial charge in [0.1, 0.15) is 11.5 Å². The third kappa shape index (κ3) is 5.46. The number of piperazine rings is 1. The van der Waals surface area contributed by atoms with Crippen LogP contribution in [-0.2, 0) is 6.42 Å². The molecular formula is C28H30N4O5. The predicted molar refractivity (Wildman–Crippen MR) is 140 cm³/mol. The lowest BCUT2D eigenvalue weighted by Crippen LogP contribution is -2.46. The van der Waals surface area contributed by atoms with E-state index in [-0.39, 0.29) is 25.5 Å². The maximum atomic E-state index is 13.4. The molecule has 2 aromatic heterocycles. The largest absolute Gasteiger partial charge is 0.497 e. The van der Waals surface area contributed by atoms with Gasteiger partial charge < -0.3 is 24.1 Å². The normalized spacial score (nSPS) is 13.2. The number of pyridine rings is 1. The van der Waals surface area contributed by atoms with Crippen LogP contribution in [0.25, 0.3) is 22.7 Å². The van der Waals surface area contributed by atoms with E-state index in [1.54, 1.807) is 60.7 Å². The van der Waals surface area contributed by atoms with E-state index in [0.29, 0.717) is 64.0 Å². The lowest BCUT2D eigenvalue weighted by atomic mass is 9.97. The second-order valence-corrected chi connectivity index (χ2v) is 8.47. The Balaban J connectivity index is 0.00000320. The van der Waals surface area contributed by atoms with Crippen molar-refractivity contribution < 1.29 is 23.5 Å². The Bertz CT molecular complexity index is 1390. The first-order valence-electron chi connectivity index (χ1n) is 11.7. The summed E-state index contributed by atoms with van der Waals surface area (Å²) in [5, 5.41) is 3.26. The number of amides is 1. The Hall–Kier alpha value is -4.24. The van der Waals surface area contributed by atoms with Crippen molar-refractivity contribution in [3.63, 3.8) is 0 Å². The lowest BCUT2D eigenvalue weighted by Gasteiger charge is -2.27. The van der Waals surface area contributed by atoms with Gasteiger partial charge in [0.15, 0.2) is 17.0 Å². The molecule has 0 saturated carbocycles. The summed E-state index contributed by atoms with van der Waals surface area (Å²) in [6, 6.07) is 14.0. The molecule has 1 saturated heterocycles. The molecule has 0 bridgehead atoms. The minimum atomic E-state index is -0.147. The van der Waals surface area contributed by atoms with Gasteiger partial charge in [0.25, 0.3) is 5.91 Å². The van der Waals surface area contributed by atoms with Crippen LogP contribution in [0.15, 0.2) is 59.1 Å². The highest BCUT2D eigenvalue weighted by Crippen LogP contribution is 2.29. The zero-order chi connectivity index (χ0) is 25.1. The lowest BCUT2D eigenvalue weighted by molar-refractivity contribution is 0.0735. The fourth-order valence-electron chi connectivity index (χ4n) is 4.29. The first-order chi connectivity index (χ1) is 17.6. The van der Waals surface area contributed by atoms with Crippen molar-refractivity contribution in [3.8, 4) is 23.0 Å². The minimum Gasteiger partial charge on any atom is -0.497 e. The molecule has 1 aliphatic rings. The molecule has 9 nitrogen and oxygen atoms in total. The van der Waals surface area contributed by atoms with Crippen LogP contribution in [0.2, 0.25) is 0 Å². The summed E-state index contributed by atoms with van der Waals surface area (Å²) in [6.45, 7) is 2.72. The van der Waals surface area contributed by atoms with E-state index in [1.807, 2.05) is 6.07 Å². The molecule has 0 aliphatic carbocycles. The van der Waals surface area contributed by atoms with Gasteiger partial charge in [0, 0.05) is 56.0 Å². The van der Waals surface area contributed by atoms with Gasteiger partial charge in [0.2, 0.25) is 5.89 Å². The molecule has 2 aromatic carbocycles. The molecule has 0 spiro atoms. The summed E-state index contributed by atoms with van der Waals surface area (Å²) < 4.78 is 16.6. The number of aromatic nitrogens is 2. The van der Waals surface area contributed by atoms with Gasteiger partial charge in [0.05, 0.1) is 19.8 Å². The van der Waals surface area contributed by atoms with Crippen molar-refractivity contribution in [2.24, 2.45) is 0 Å². The number of nitrogens with zero attached hydrogens (tertiary/aromatic N) is 3. The molecule has 9 heteroatoms. The molecule has 37 heavy (non-hydrogen) atoms. The number of hydrogen-bond acceptors (Lipinski definition) is 8. The monoisotopic (exact) mass is 502 g/mol. The first-order valence-corrected chi connectivity index (χ1v) is 11.7. The van der Waals surface area contributed by atoms with Crippen LogP contribution in [0.1, 0.15) is 33.7 Å². The average Bonchev–Trinajstić information content (AvgIpc) is 3.37. The molecule has 0 atom stereocenters. The Morgan fingerprint density at radius 2 is 1.86 bits per heavy atom. The molecule has 0 radical (unpaired) electrons. The number of methoxy groups -OCH3 is 2. The fraction of sp³-hybridized carbons (Fsp3) is 0.286. The number of oxazole rings is 1. The van der Waals surface area contributed by atoms with E-state index in [0.717, 1.165) is 13.1 Å². The van der Waals surface area contributed by atoms with Crippen LogP contribution in [0.3, 0.4) is 0 Å². The maximum absolute atomic E-state index is 13.4. The van der Waals surface area contributed by atoms with Crippen molar-refractivity contribution in [2.45, 2.75) is 13.8 Å². The molecule has 5 rings (SSSR count). The molecule has 1 N–H and O–H groups in total. The molecule has 1 aliphatic heterocycles. The zero-order valence-corrected chi connectivity index (χ0v) is 20.1. The van der Waals surface area contributed by atoms with E-state index in [4.69, 9.17) is 13.9 Å². The number of carbonyl (C=O) groups is 2. The average molecular weight is 503 g/mol. The first kappa shape index (κ1) is 25.8. The zero-order valence-electron chi connectivity index (χ0n) is 20.1. The molecule has 0 unspecified atom stereocenters. The van der Waals surface area contributed by atoms with Crippen molar-refractivity contribution in [1.29, 1.82) is 0 Å². The minimum absolute atomic E-state index is 0. The molecule has 192 valence electrons. The van der Waals surface area contributed by atoms with Crippen LogP contribution < -0.4 is 14.8 Å². The van der Waals surface area contributed by atoms with E-state index >= 15 is 0 Å². The number of ketones is 1. The smallest absolute Gasteiger partial charge is 0.253 e. The highest BCUT2D eigenvalue weighted by atomic mass is 16.5. The number of rotatable bonds is 7. The Kier molecular flexibility index (Phi) is 7.83. The number of carbonyl (C=O) groups excluding carboxylic acids is 2. The number of fused-ring (bicyclic) bond motifs is 1. The number of benzene rings is 2. The van der Waals surface area contributed by atoms with Crippen LogP contribution in [0.4, 0.5) is 0 Å². The van der Waals surface area contributed by atoms with Crippen molar-refractivity contribution >= 4 is 22.9 Å².